The molecule has 9 heteroatoms. The zero-order chi connectivity index (χ0) is 17.3. The molecule has 0 aliphatic carbocycles. The molecule has 0 aromatic carbocycles. The number of amides is 1. The maximum Gasteiger partial charge on any atom is 0.494 e. The largest absolute Gasteiger partial charge is 0.494 e. The summed E-state index contributed by atoms with van der Waals surface area (Å²) in [6.45, 7) is 8.01. The van der Waals surface area contributed by atoms with E-state index in [4.69, 9.17) is 4.65 Å². The molecule has 2 rings (SSSR count). The van der Waals surface area contributed by atoms with Gasteiger partial charge in [0, 0.05) is 30.9 Å². The minimum Gasteiger partial charge on any atom is -0.423 e. The first kappa shape index (κ1) is 17.6. The number of aliphatic hydroxyl groups is 1. The molecule has 1 amide bonds. The summed E-state index contributed by atoms with van der Waals surface area (Å²) >= 11 is 0. The van der Waals surface area contributed by atoms with Gasteiger partial charge in [0.1, 0.15) is 0 Å². The summed E-state index contributed by atoms with van der Waals surface area (Å²) < 4.78 is 5.54. The molecule has 0 saturated carbocycles. The second kappa shape index (κ2) is 6.42. The second-order valence-corrected chi connectivity index (χ2v) is 6.63. The van der Waals surface area contributed by atoms with Gasteiger partial charge in [-0.15, -0.1) is 0 Å². The highest BCUT2D eigenvalue weighted by Gasteiger charge is 2.39. The van der Waals surface area contributed by atoms with Gasteiger partial charge in [-0.1, -0.05) is 0 Å². The van der Waals surface area contributed by atoms with Gasteiger partial charge in [0.25, 0.3) is 0 Å². The van der Waals surface area contributed by atoms with E-state index in [1.807, 2.05) is 0 Å². The third-order valence-electron chi connectivity index (χ3n) is 4.14. The molecule has 1 aliphatic heterocycles. The van der Waals surface area contributed by atoms with Crippen LogP contribution in [0.15, 0.2) is 12.4 Å². The van der Waals surface area contributed by atoms with Crippen molar-refractivity contribution in [1.29, 1.82) is 0 Å². The maximum atomic E-state index is 11.4. The number of hydrogen-bond acceptors (Lipinski definition) is 7. The third-order valence-corrected chi connectivity index (χ3v) is 4.14. The van der Waals surface area contributed by atoms with E-state index in [-0.39, 0.29) is 12.5 Å². The van der Waals surface area contributed by atoms with Crippen molar-refractivity contribution < 1.29 is 19.6 Å². The average Bonchev–Trinajstić information content (AvgIpc) is 2.46. The lowest BCUT2D eigenvalue weighted by Crippen LogP contribution is -2.53. The van der Waals surface area contributed by atoms with E-state index in [9.17, 15) is 14.9 Å². The van der Waals surface area contributed by atoms with Crippen LogP contribution < -0.4 is 15.7 Å². The number of rotatable bonds is 5. The smallest absolute Gasteiger partial charge is 0.423 e. The van der Waals surface area contributed by atoms with Crippen molar-refractivity contribution >= 4 is 24.4 Å². The highest BCUT2D eigenvalue weighted by atomic mass is 16.5. The molecule has 0 atom stereocenters. The number of anilines is 1. The highest BCUT2D eigenvalue weighted by Crippen LogP contribution is 2.25. The fourth-order valence-corrected chi connectivity index (χ4v) is 1.92. The molecule has 1 fully saturated rings. The first-order chi connectivity index (χ1) is 10.6. The summed E-state index contributed by atoms with van der Waals surface area (Å²) in [5.41, 5.74) is -1.71. The number of piperazine rings is 1. The van der Waals surface area contributed by atoms with Crippen LogP contribution in [0.25, 0.3) is 0 Å². The molecule has 1 aromatic rings. The fraction of sp³-hybridized carbons (Fsp3) is 0.643. The van der Waals surface area contributed by atoms with Gasteiger partial charge in [0.05, 0.1) is 17.7 Å². The summed E-state index contributed by atoms with van der Waals surface area (Å²) in [7, 11) is -1.25. The molecular formula is C14H23BN4O4. The molecule has 0 unspecified atom stereocenters. The highest BCUT2D eigenvalue weighted by molar-refractivity contribution is 6.59. The topological polar surface area (TPSA) is 108 Å². The van der Waals surface area contributed by atoms with Crippen LogP contribution in [0.5, 0.6) is 0 Å². The van der Waals surface area contributed by atoms with Crippen molar-refractivity contribution in [2.45, 2.75) is 38.9 Å². The summed E-state index contributed by atoms with van der Waals surface area (Å²) in [5.74, 6) is 0.358. The minimum absolute atomic E-state index is 0.0702. The van der Waals surface area contributed by atoms with E-state index in [0.29, 0.717) is 24.5 Å². The molecule has 0 radical (unpaired) electrons. The molecule has 8 nitrogen and oxygen atoms in total. The van der Waals surface area contributed by atoms with Crippen molar-refractivity contribution in [1.82, 2.24) is 15.3 Å². The second-order valence-electron chi connectivity index (χ2n) is 6.63. The van der Waals surface area contributed by atoms with E-state index in [1.165, 1.54) is 12.4 Å². The number of nitrogens with zero attached hydrogens (tertiary/aromatic N) is 3. The Kier molecular flexibility index (Phi) is 4.93. The van der Waals surface area contributed by atoms with Crippen LogP contribution in [0, 0.1) is 0 Å². The quantitative estimate of drug-likeness (QED) is 0.576. The van der Waals surface area contributed by atoms with E-state index >= 15 is 0 Å². The molecule has 1 aliphatic rings. The van der Waals surface area contributed by atoms with Gasteiger partial charge in [-0.25, -0.2) is 9.97 Å². The number of hydrogen-bond donors (Lipinski definition) is 3. The summed E-state index contributed by atoms with van der Waals surface area (Å²) in [6.07, 6.45) is 2.92. The van der Waals surface area contributed by atoms with Crippen LogP contribution in [-0.2, 0) is 9.45 Å². The molecule has 1 saturated heterocycles. The van der Waals surface area contributed by atoms with Crippen molar-refractivity contribution in [2.24, 2.45) is 0 Å². The molecule has 0 bridgehead atoms. The predicted octanol–water partition coefficient (Wildman–Crippen LogP) is -1.33. The van der Waals surface area contributed by atoms with E-state index in [2.05, 4.69) is 15.3 Å². The van der Waals surface area contributed by atoms with Crippen LogP contribution >= 0.6 is 0 Å². The Morgan fingerprint density at radius 1 is 1.30 bits per heavy atom. The summed E-state index contributed by atoms with van der Waals surface area (Å²) in [6, 6.07) is 0. The standard InChI is InChI=1S/C14H23BN4O4/c1-13(2,21)14(3,4)23-15(22)10-7-17-12(18-8-10)19-6-5-16-11(20)9-19/h7-8,21-22H,5-6,9H2,1-4H3,(H,16,20). The van der Waals surface area contributed by atoms with Crippen LogP contribution in [-0.4, -0.2) is 64.0 Å². The first-order valence-electron chi connectivity index (χ1n) is 7.52. The normalized spacial score (nSPS) is 16.3. The van der Waals surface area contributed by atoms with E-state index in [0.717, 1.165) is 0 Å². The van der Waals surface area contributed by atoms with Crippen molar-refractivity contribution in [3.05, 3.63) is 12.4 Å². The Bertz CT molecular complexity index is 559. The van der Waals surface area contributed by atoms with Gasteiger partial charge in [0.15, 0.2) is 0 Å². The lowest BCUT2D eigenvalue weighted by atomic mass is 9.78. The van der Waals surface area contributed by atoms with E-state index < -0.39 is 18.3 Å². The Labute approximate surface area is 136 Å². The molecule has 126 valence electrons. The number of carbonyl (C=O) groups is 1. The van der Waals surface area contributed by atoms with Gasteiger partial charge in [-0.2, -0.15) is 0 Å². The van der Waals surface area contributed by atoms with E-state index in [1.54, 1.807) is 32.6 Å². The molecule has 0 spiro atoms. The zero-order valence-corrected chi connectivity index (χ0v) is 13.9. The Morgan fingerprint density at radius 3 is 2.43 bits per heavy atom. The maximum absolute atomic E-state index is 11.4. The van der Waals surface area contributed by atoms with Gasteiger partial charge >= 0.3 is 7.12 Å². The van der Waals surface area contributed by atoms with Gasteiger partial charge in [-0.05, 0) is 27.7 Å². The number of aromatic nitrogens is 2. The SMILES string of the molecule is CC(C)(O)C(C)(C)OB(O)c1cnc(N2CCNC(=O)C2)nc1. The Hall–Kier alpha value is -1.71. The van der Waals surface area contributed by atoms with Crippen molar-refractivity contribution in [2.75, 3.05) is 24.5 Å². The van der Waals surface area contributed by atoms with Crippen molar-refractivity contribution in [3.63, 3.8) is 0 Å². The molecule has 3 N–H and O–H groups in total. The Balaban J connectivity index is 2.05. The number of carbonyl (C=O) groups excluding carboxylic acids is 1. The minimum atomic E-state index is -1.25. The molecular weight excluding hydrogens is 299 g/mol. The monoisotopic (exact) mass is 322 g/mol. The summed E-state index contributed by atoms with van der Waals surface area (Å²) in [4.78, 5) is 21.5. The lowest BCUT2D eigenvalue weighted by Gasteiger charge is -2.38. The van der Waals surface area contributed by atoms with Crippen LogP contribution in [0.1, 0.15) is 27.7 Å². The van der Waals surface area contributed by atoms with Gasteiger partial charge < -0.3 is 25.0 Å². The third kappa shape index (κ3) is 4.18. The molecule has 1 aromatic heterocycles. The van der Waals surface area contributed by atoms with Gasteiger partial charge in [0.2, 0.25) is 11.9 Å². The molecule has 23 heavy (non-hydrogen) atoms. The molecule has 2 heterocycles. The average molecular weight is 322 g/mol. The zero-order valence-electron chi connectivity index (χ0n) is 13.9. The fourth-order valence-electron chi connectivity index (χ4n) is 1.92. The van der Waals surface area contributed by atoms with Crippen molar-refractivity contribution in [3.8, 4) is 0 Å². The van der Waals surface area contributed by atoms with Gasteiger partial charge in [-0.3, -0.25) is 4.79 Å². The Morgan fingerprint density at radius 2 is 1.91 bits per heavy atom. The van der Waals surface area contributed by atoms with Crippen LogP contribution in [0.3, 0.4) is 0 Å². The lowest BCUT2D eigenvalue weighted by molar-refractivity contribution is -0.120. The predicted molar refractivity (Wildman–Crippen MR) is 86.3 cm³/mol. The summed E-state index contributed by atoms with van der Waals surface area (Å²) in [5, 5.41) is 23.0. The number of nitrogens with one attached hydrogen (secondary N) is 1. The van der Waals surface area contributed by atoms with Crippen LogP contribution in [0.2, 0.25) is 0 Å². The van der Waals surface area contributed by atoms with Crippen LogP contribution in [0.4, 0.5) is 5.95 Å². The first-order valence-corrected chi connectivity index (χ1v) is 7.52.